The summed E-state index contributed by atoms with van der Waals surface area (Å²) in [4.78, 5) is 11.6. The molecule has 2 N–H and O–H groups in total. The van der Waals surface area contributed by atoms with E-state index in [1.807, 2.05) is 37.3 Å². The zero-order chi connectivity index (χ0) is 15.9. The molecular weight excluding hydrogens is 272 g/mol. The monoisotopic (exact) mass is 296 g/mol. The second-order valence-electron chi connectivity index (χ2n) is 5.74. The molecule has 0 saturated carbocycles. The minimum absolute atomic E-state index is 0.0633. The zero-order valence-electron chi connectivity index (χ0n) is 13.5. The smallest absolute Gasteiger partial charge is 0.224 e. The van der Waals surface area contributed by atoms with Gasteiger partial charge < -0.3 is 10.6 Å². The van der Waals surface area contributed by atoms with E-state index in [0.29, 0.717) is 12.3 Å². The molecule has 0 saturated heterocycles. The van der Waals surface area contributed by atoms with Crippen LogP contribution in [-0.2, 0) is 4.79 Å². The van der Waals surface area contributed by atoms with Gasteiger partial charge in [0, 0.05) is 23.5 Å². The first-order valence-corrected chi connectivity index (χ1v) is 7.86. The SMILES string of the molecule is CCCC(=O)Nc1ccc(Nc2ccccc2C(C)C)cc1. The number of anilines is 3. The van der Waals surface area contributed by atoms with Gasteiger partial charge in [0.15, 0.2) is 0 Å². The van der Waals surface area contributed by atoms with E-state index in [0.717, 1.165) is 23.5 Å². The quantitative estimate of drug-likeness (QED) is 0.760. The van der Waals surface area contributed by atoms with Crippen LogP contribution < -0.4 is 10.6 Å². The topological polar surface area (TPSA) is 41.1 Å². The minimum atomic E-state index is 0.0633. The van der Waals surface area contributed by atoms with E-state index in [2.05, 4.69) is 42.7 Å². The van der Waals surface area contributed by atoms with Crippen LogP contribution in [0.5, 0.6) is 0 Å². The normalized spacial score (nSPS) is 10.5. The highest BCUT2D eigenvalue weighted by Crippen LogP contribution is 2.27. The maximum atomic E-state index is 11.6. The molecule has 0 radical (unpaired) electrons. The number of rotatable bonds is 6. The Morgan fingerprint density at radius 1 is 1.00 bits per heavy atom. The van der Waals surface area contributed by atoms with Crippen LogP contribution in [-0.4, -0.2) is 5.91 Å². The molecule has 0 aliphatic carbocycles. The molecule has 0 heterocycles. The van der Waals surface area contributed by atoms with Crippen molar-refractivity contribution >= 4 is 23.0 Å². The summed E-state index contributed by atoms with van der Waals surface area (Å²) in [6, 6.07) is 16.2. The summed E-state index contributed by atoms with van der Waals surface area (Å²) < 4.78 is 0. The Bertz CT molecular complexity index is 618. The fraction of sp³-hybridized carbons (Fsp3) is 0.316. The second kappa shape index (κ2) is 7.64. The van der Waals surface area contributed by atoms with Crippen molar-refractivity contribution in [2.75, 3.05) is 10.6 Å². The van der Waals surface area contributed by atoms with Crippen molar-refractivity contribution in [3.63, 3.8) is 0 Å². The maximum absolute atomic E-state index is 11.6. The Balaban J connectivity index is 2.07. The van der Waals surface area contributed by atoms with Crippen molar-refractivity contribution in [1.82, 2.24) is 0 Å². The van der Waals surface area contributed by atoms with E-state index in [-0.39, 0.29) is 5.91 Å². The van der Waals surface area contributed by atoms with Gasteiger partial charge in [0.2, 0.25) is 5.91 Å². The van der Waals surface area contributed by atoms with Gasteiger partial charge >= 0.3 is 0 Å². The van der Waals surface area contributed by atoms with Gasteiger partial charge in [0.1, 0.15) is 0 Å². The Morgan fingerprint density at radius 3 is 2.27 bits per heavy atom. The predicted molar refractivity (Wildman–Crippen MR) is 93.8 cm³/mol. The van der Waals surface area contributed by atoms with Crippen molar-refractivity contribution in [2.45, 2.75) is 39.5 Å². The molecule has 3 nitrogen and oxygen atoms in total. The molecule has 0 fully saturated rings. The summed E-state index contributed by atoms with van der Waals surface area (Å²) in [7, 11) is 0. The van der Waals surface area contributed by atoms with Crippen LogP contribution >= 0.6 is 0 Å². The molecule has 3 heteroatoms. The molecule has 0 bridgehead atoms. The van der Waals surface area contributed by atoms with E-state index < -0.39 is 0 Å². The number of carbonyl (C=O) groups is 1. The number of amides is 1. The number of benzene rings is 2. The molecule has 0 aliphatic heterocycles. The van der Waals surface area contributed by atoms with Gasteiger partial charge in [-0.15, -0.1) is 0 Å². The van der Waals surface area contributed by atoms with Gasteiger partial charge in [-0.05, 0) is 48.2 Å². The third-order valence-corrected chi connectivity index (χ3v) is 3.51. The molecule has 0 atom stereocenters. The third kappa shape index (κ3) is 4.35. The first-order valence-electron chi connectivity index (χ1n) is 7.86. The summed E-state index contributed by atoms with van der Waals surface area (Å²) in [5.41, 5.74) is 4.27. The first kappa shape index (κ1) is 16.1. The van der Waals surface area contributed by atoms with Gasteiger partial charge in [0.25, 0.3) is 0 Å². The molecule has 0 aliphatic rings. The lowest BCUT2D eigenvalue weighted by Crippen LogP contribution is -2.10. The van der Waals surface area contributed by atoms with Gasteiger partial charge in [-0.3, -0.25) is 4.79 Å². The molecule has 0 spiro atoms. The van der Waals surface area contributed by atoms with Gasteiger partial charge in [0.05, 0.1) is 0 Å². The fourth-order valence-electron chi connectivity index (χ4n) is 2.36. The van der Waals surface area contributed by atoms with Crippen molar-refractivity contribution in [1.29, 1.82) is 0 Å². The number of hydrogen-bond donors (Lipinski definition) is 2. The summed E-state index contributed by atoms with van der Waals surface area (Å²) >= 11 is 0. The fourth-order valence-corrected chi connectivity index (χ4v) is 2.36. The van der Waals surface area contributed by atoms with Crippen LogP contribution in [0.15, 0.2) is 48.5 Å². The van der Waals surface area contributed by atoms with Crippen LogP contribution in [0, 0.1) is 0 Å². The molecule has 2 aromatic rings. The Labute approximate surface area is 132 Å². The van der Waals surface area contributed by atoms with Crippen molar-refractivity contribution in [3.8, 4) is 0 Å². The minimum Gasteiger partial charge on any atom is -0.355 e. The molecule has 0 unspecified atom stereocenters. The van der Waals surface area contributed by atoms with Crippen LogP contribution in [0.3, 0.4) is 0 Å². The van der Waals surface area contributed by atoms with Crippen LogP contribution in [0.4, 0.5) is 17.1 Å². The van der Waals surface area contributed by atoms with Crippen LogP contribution in [0.1, 0.15) is 45.1 Å². The molecule has 2 aromatic carbocycles. The van der Waals surface area contributed by atoms with E-state index in [9.17, 15) is 4.79 Å². The Morgan fingerprint density at radius 2 is 1.64 bits per heavy atom. The third-order valence-electron chi connectivity index (χ3n) is 3.51. The lowest BCUT2D eigenvalue weighted by atomic mass is 10.0. The summed E-state index contributed by atoms with van der Waals surface area (Å²) in [5.74, 6) is 0.532. The molecule has 0 aromatic heterocycles. The first-order chi connectivity index (χ1) is 10.6. The highest BCUT2D eigenvalue weighted by Gasteiger charge is 2.06. The summed E-state index contributed by atoms with van der Waals surface area (Å²) in [6.07, 6.45) is 1.42. The average molecular weight is 296 g/mol. The molecular formula is C19H24N2O. The largest absolute Gasteiger partial charge is 0.355 e. The summed E-state index contributed by atoms with van der Waals surface area (Å²) in [6.45, 7) is 6.37. The van der Waals surface area contributed by atoms with Gasteiger partial charge in [-0.25, -0.2) is 0 Å². The lowest BCUT2D eigenvalue weighted by molar-refractivity contribution is -0.116. The predicted octanol–water partition coefficient (Wildman–Crippen LogP) is 5.29. The highest BCUT2D eigenvalue weighted by molar-refractivity contribution is 5.90. The van der Waals surface area contributed by atoms with Crippen LogP contribution in [0.2, 0.25) is 0 Å². The highest BCUT2D eigenvalue weighted by atomic mass is 16.1. The van der Waals surface area contributed by atoms with E-state index in [4.69, 9.17) is 0 Å². The van der Waals surface area contributed by atoms with Gasteiger partial charge in [-0.2, -0.15) is 0 Å². The number of para-hydroxylation sites is 1. The molecule has 116 valence electrons. The average Bonchev–Trinajstić information content (AvgIpc) is 2.50. The zero-order valence-corrected chi connectivity index (χ0v) is 13.5. The molecule has 1 amide bonds. The van der Waals surface area contributed by atoms with Crippen LogP contribution in [0.25, 0.3) is 0 Å². The molecule has 22 heavy (non-hydrogen) atoms. The van der Waals surface area contributed by atoms with E-state index in [1.165, 1.54) is 5.56 Å². The summed E-state index contributed by atoms with van der Waals surface area (Å²) in [5, 5.41) is 6.34. The Hall–Kier alpha value is -2.29. The molecule has 2 rings (SSSR count). The van der Waals surface area contributed by atoms with Gasteiger partial charge in [-0.1, -0.05) is 39.0 Å². The standard InChI is InChI=1S/C19H24N2O/c1-4-7-19(22)21-16-12-10-15(11-13-16)20-18-9-6-5-8-17(18)14(2)3/h5-6,8-14,20H,4,7H2,1-3H3,(H,21,22). The van der Waals surface area contributed by atoms with E-state index in [1.54, 1.807) is 0 Å². The maximum Gasteiger partial charge on any atom is 0.224 e. The number of hydrogen-bond acceptors (Lipinski definition) is 2. The second-order valence-corrected chi connectivity index (χ2v) is 5.74. The van der Waals surface area contributed by atoms with E-state index >= 15 is 0 Å². The lowest BCUT2D eigenvalue weighted by Gasteiger charge is -2.15. The Kier molecular flexibility index (Phi) is 5.59. The number of carbonyl (C=O) groups excluding carboxylic acids is 1. The van der Waals surface area contributed by atoms with Crippen molar-refractivity contribution in [2.24, 2.45) is 0 Å². The van der Waals surface area contributed by atoms with Crippen molar-refractivity contribution < 1.29 is 4.79 Å². The van der Waals surface area contributed by atoms with Crippen molar-refractivity contribution in [3.05, 3.63) is 54.1 Å². The number of nitrogens with one attached hydrogen (secondary N) is 2.